The Kier molecular flexibility index (Phi) is 3.30. The summed E-state index contributed by atoms with van der Waals surface area (Å²) >= 11 is 1.55. The smallest absolute Gasteiger partial charge is 0.330 e. The average Bonchev–Trinajstić information content (AvgIpc) is 3.00. The molecule has 2 N–H and O–H groups in total. The number of carboxylic acid groups (broad SMARTS) is 1. The molecule has 1 atom stereocenters. The number of anilines is 1. The number of carboxylic acids is 1. The van der Waals surface area contributed by atoms with Crippen LogP contribution in [0.3, 0.4) is 0 Å². The highest BCUT2D eigenvalue weighted by Gasteiger charge is 2.22. The average molecular weight is 303 g/mol. The van der Waals surface area contributed by atoms with Gasteiger partial charge in [-0.1, -0.05) is 0 Å². The number of fused-ring (bicyclic) bond motifs is 1. The second kappa shape index (κ2) is 5.13. The monoisotopic (exact) mass is 303 g/mol. The van der Waals surface area contributed by atoms with Gasteiger partial charge in [0.05, 0.1) is 11.6 Å². The second-order valence-electron chi connectivity index (χ2n) is 4.66. The van der Waals surface area contributed by atoms with Crippen molar-refractivity contribution in [3.8, 4) is 0 Å². The second-order valence-corrected chi connectivity index (χ2v) is 5.90. The van der Waals surface area contributed by atoms with E-state index >= 15 is 0 Å². The molecule has 1 unspecified atom stereocenters. The molecule has 0 saturated carbocycles. The van der Waals surface area contributed by atoms with E-state index in [9.17, 15) is 9.90 Å². The van der Waals surface area contributed by atoms with E-state index in [4.69, 9.17) is 0 Å². The van der Waals surface area contributed by atoms with Crippen molar-refractivity contribution in [3.05, 3.63) is 35.2 Å². The third-order valence-corrected chi connectivity index (χ3v) is 4.00. The van der Waals surface area contributed by atoms with E-state index < -0.39 is 12.0 Å². The third kappa shape index (κ3) is 2.57. The van der Waals surface area contributed by atoms with Crippen molar-refractivity contribution in [2.45, 2.75) is 13.0 Å². The van der Waals surface area contributed by atoms with E-state index in [0.29, 0.717) is 11.4 Å². The van der Waals surface area contributed by atoms with Crippen LogP contribution in [-0.2, 0) is 11.8 Å². The highest BCUT2D eigenvalue weighted by molar-refractivity contribution is 7.18. The van der Waals surface area contributed by atoms with Gasteiger partial charge in [-0.15, -0.1) is 11.3 Å². The van der Waals surface area contributed by atoms with Gasteiger partial charge in [-0.2, -0.15) is 5.10 Å². The minimum atomic E-state index is -0.985. The summed E-state index contributed by atoms with van der Waals surface area (Å²) in [6.45, 7) is 1.98. The summed E-state index contributed by atoms with van der Waals surface area (Å²) in [7, 11) is 1.74. The van der Waals surface area contributed by atoms with Crippen LogP contribution < -0.4 is 5.32 Å². The van der Waals surface area contributed by atoms with Crippen molar-refractivity contribution in [2.24, 2.45) is 7.05 Å². The Hall–Kier alpha value is -2.48. The quantitative estimate of drug-likeness (QED) is 0.765. The zero-order valence-electron chi connectivity index (χ0n) is 11.4. The summed E-state index contributed by atoms with van der Waals surface area (Å²) in [5.41, 5.74) is 0.573. The number of aryl methyl sites for hydroxylation is 2. The number of hydrogen-bond acceptors (Lipinski definition) is 6. The first-order valence-electron chi connectivity index (χ1n) is 6.23. The molecule has 0 aliphatic rings. The molecule has 3 rings (SSSR count). The van der Waals surface area contributed by atoms with Gasteiger partial charge in [-0.3, -0.25) is 4.68 Å². The maximum absolute atomic E-state index is 11.5. The fourth-order valence-corrected chi connectivity index (χ4v) is 2.95. The maximum atomic E-state index is 11.5. The molecule has 21 heavy (non-hydrogen) atoms. The van der Waals surface area contributed by atoms with E-state index in [1.165, 1.54) is 12.5 Å². The molecular weight excluding hydrogens is 290 g/mol. The van der Waals surface area contributed by atoms with E-state index in [1.807, 2.05) is 13.0 Å². The number of carbonyl (C=O) groups is 1. The number of thiophene rings is 1. The molecule has 0 aliphatic heterocycles. The van der Waals surface area contributed by atoms with Gasteiger partial charge in [0.15, 0.2) is 6.04 Å². The largest absolute Gasteiger partial charge is 0.479 e. The van der Waals surface area contributed by atoms with E-state index in [2.05, 4.69) is 20.4 Å². The molecule has 0 amide bonds. The summed E-state index contributed by atoms with van der Waals surface area (Å²) in [6, 6.07) is 1.04. The summed E-state index contributed by atoms with van der Waals surface area (Å²) in [6.07, 6.45) is 4.63. The van der Waals surface area contributed by atoms with Crippen molar-refractivity contribution in [1.29, 1.82) is 0 Å². The zero-order valence-corrected chi connectivity index (χ0v) is 12.3. The summed E-state index contributed by atoms with van der Waals surface area (Å²) < 4.78 is 1.57. The summed E-state index contributed by atoms with van der Waals surface area (Å²) in [5.74, 6) is -0.470. The number of hydrogen-bond donors (Lipinski definition) is 2. The molecule has 8 heteroatoms. The lowest BCUT2D eigenvalue weighted by molar-refractivity contribution is -0.138. The maximum Gasteiger partial charge on any atom is 0.330 e. The number of aliphatic carboxylic acids is 1. The molecule has 3 aromatic rings. The first-order valence-corrected chi connectivity index (χ1v) is 7.05. The highest BCUT2D eigenvalue weighted by atomic mass is 32.1. The predicted octanol–water partition coefficient (Wildman–Crippen LogP) is 1.97. The van der Waals surface area contributed by atoms with E-state index in [1.54, 1.807) is 29.3 Å². The Morgan fingerprint density at radius 2 is 2.29 bits per heavy atom. The molecule has 108 valence electrons. The van der Waals surface area contributed by atoms with Crippen LogP contribution in [0.5, 0.6) is 0 Å². The van der Waals surface area contributed by atoms with Crippen LogP contribution in [0, 0.1) is 6.92 Å². The standard InChI is InChI=1S/C13H13N5O2S/c1-7-3-9-11(14-6-15-12(9)21-7)17-10(13(19)20)8-4-16-18(2)5-8/h3-6,10H,1-2H3,(H,19,20)(H,14,15,17). The lowest BCUT2D eigenvalue weighted by Crippen LogP contribution is -2.20. The van der Waals surface area contributed by atoms with Crippen LogP contribution in [0.2, 0.25) is 0 Å². The molecule has 0 fully saturated rings. The Bertz CT molecular complexity index is 810. The molecule has 0 radical (unpaired) electrons. The number of aromatic nitrogens is 4. The third-order valence-electron chi connectivity index (χ3n) is 3.04. The fourth-order valence-electron chi connectivity index (χ4n) is 2.10. The minimum absolute atomic E-state index is 0.514. The number of nitrogens with zero attached hydrogens (tertiary/aromatic N) is 4. The van der Waals surface area contributed by atoms with Crippen molar-refractivity contribution >= 4 is 33.3 Å². The van der Waals surface area contributed by atoms with Crippen LogP contribution in [0.15, 0.2) is 24.8 Å². The van der Waals surface area contributed by atoms with Gasteiger partial charge < -0.3 is 10.4 Å². The molecule has 7 nitrogen and oxygen atoms in total. The van der Waals surface area contributed by atoms with Crippen LogP contribution >= 0.6 is 11.3 Å². The highest BCUT2D eigenvalue weighted by Crippen LogP contribution is 2.29. The van der Waals surface area contributed by atoms with Gasteiger partial charge in [0, 0.05) is 23.7 Å². The van der Waals surface area contributed by atoms with Gasteiger partial charge in [-0.25, -0.2) is 14.8 Å². The predicted molar refractivity (Wildman–Crippen MR) is 79.4 cm³/mol. The molecule has 0 spiro atoms. The molecule has 0 aromatic carbocycles. The number of rotatable bonds is 4. The van der Waals surface area contributed by atoms with Gasteiger partial charge in [0.25, 0.3) is 0 Å². The lowest BCUT2D eigenvalue weighted by atomic mass is 10.1. The van der Waals surface area contributed by atoms with Crippen LogP contribution in [0.1, 0.15) is 16.5 Å². The first-order chi connectivity index (χ1) is 10.0. The van der Waals surface area contributed by atoms with Crippen molar-refractivity contribution in [2.75, 3.05) is 5.32 Å². The molecule has 3 heterocycles. The zero-order chi connectivity index (χ0) is 15.0. The molecular formula is C13H13N5O2S. The van der Waals surface area contributed by atoms with Crippen LogP contribution in [-0.4, -0.2) is 30.8 Å². The van der Waals surface area contributed by atoms with Gasteiger partial charge in [0.2, 0.25) is 0 Å². The Balaban J connectivity index is 2.00. The van der Waals surface area contributed by atoms with E-state index in [-0.39, 0.29) is 0 Å². The van der Waals surface area contributed by atoms with Crippen LogP contribution in [0.4, 0.5) is 5.82 Å². The van der Waals surface area contributed by atoms with Crippen molar-refractivity contribution in [1.82, 2.24) is 19.7 Å². The number of nitrogens with one attached hydrogen (secondary N) is 1. The van der Waals surface area contributed by atoms with Gasteiger partial charge >= 0.3 is 5.97 Å². The Morgan fingerprint density at radius 3 is 2.95 bits per heavy atom. The van der Waals surface area contributed by atoms with Crippen LogP contribution in [0.25, 0.3) is 10.2 Å². The van der Waals surface area contributed by atoms with Crippen molar-refractivity contribution < 1.29 is 9.90 Å². The molecule has 0 bridgehead atoms. The van der Waals surface area contributed by atoms with Gasteiger partial charge in [-0.05, 0) is 13.0 Å². The normalized spacial score (nSPS) is 12.5. The molecule has 3 aromatic heterocycles. The van der Waals surface area contributed by atoms with Gasteiger partial charge in [0.1, 0.15) is 17.0 Å². The topological polar surface area (TPSA) is 92.9 Å². The SMILES string of the molecule is Cc1cc2c(NC(C(=O)O)c3cnn(C)c3)ncnc2s1. The Labute approximate surface area is 124 Å². The Morgan fingerprint density at radius 1 is 1.48 bits per heavy atom. The lowest BCUT2D eigenvalue weighted by Gasteiger charge is -2.13. The minimum Gasteiger partial charge on any atom is -0.479 e. The molecule has 0 aliphatic carbocycles. The van der Waals surface area contributed by atoms with E-state index in [0.717, 1.165) is 15.1 Å². The first kappa shape index (κ1) is 13.5. The summed E-state index contributed by atoms with van der Waals surface area (Å²) in [4.78, 5) is 21.8. The van der Waals surface area contributed by atoms with Crippen molar-refractivity contribution in [3.63, 3.8) is 0 Å². The fraction of sp³-hybridized carbons (Fsp3) is 0.231. The summed E-state index contributed by atoms with van der Waals surface area (Å²) in [5, 5.41) is 17.2. The molecule has 0 saturated heterocycles.